The smallest absolute Gasteiger partial charge is 0.0726 e. The first-order valence-corrected chi connectivity index (χ1v) is 14.6. The number of anilines is 2. The second-order valence-electron chi connectivity index (χ2n) is 10.8. The van der Waals surface area contributed by atoms with Crippen molar-refractivity contribution in [3.05, 3.63) is 177 Å². The van der Waals surface area contributed by atoms with Crippen LogP contribution in [0.4, 0.5) is 11.4 Å². The summed E-state index contributed by atoms with van der Waals surface area (Å²) in [5, 5.41) is 5.18. The average Bonchev–Trinajstić information content (AvgIpc) is 3.48. The van der Waals surface area contributed by atoms with E-state index >= 15 is 0 Å². The molecule has 1 unspecified atom stereocenters. The highest BCUT2D eigenvalue weighted by Crippen LogP contribution is 2.64. The van der Waals surface area contributed by atoms with Gasteiger partial charge < -0.3 is 5.32 Å². The van der Waals surface area contributed by atoms with Crippen LogP contribution in [0.3, 0.4) is 0 Å². The quantitative estimate of drug-likeness (QED) is 0.223. The van der Waals surface area contributed by atoms with E-state index < -0.39 is 5.41 Å². The van der Waals surface area contributed by atoms with Gasteiger partial charge in [-0.15, -0.1) is 0 Å². The van der Waals surface area contributed by atoms with Gasteiger partial charge >= 0.3 is 0 Å². The molecule has 0 amide bonds. The van der Waals surface area contributed by atoms with Crippen LogP contribution in [-0.2, 0) is 11.8 Å². The van der Waals surface area contributed by atoms with Gasteiger partial charge in [0.05, 0.1) is 16.1 Å². The van der Waals surface area contributed by atoms with Crippen molar-refractivity contribution in [2.45, 2.75) is 11.8 Å². The van der Waals surface area contributed by atoms with Gasteiger partial charge in [0, 0.05) is 16.3 Å². The van der Waals surface area contributed by atoms with E-state index in [2.05, 4.69) is 102 Å². The van der Waals surface area contributed by atoms with Crippen LogP contribution in [0.2, 0.25) is 10.0 Å². The summed E-state index contributed by atoms with van der Waals surface area (Å²) < 4.78 is 0. The van der Waals surface area contributed by atoms with Gasteiger partial charge in [-0.25, -0.2) is 0 Å². The highest BCUT2D eigenvalue weighted by atomic mass is 35.5. The van der Waals surface area contributed by atoms with Crippen LogP contribution in [0.5, 0.6) is 0 Å². The van der Waals surface area contributed by atoms with Gasteiger partial charge in [0.25, 0.3) is 0 Å². The fourth-order valence-corrected chi connectivity index (χ4v) is 7.50. The highest BCUT2D eigenvalue weighted by molar-refractivity contribution is 6.33. The zero-order valence-corrected chi connectivity index (χ0v) is 23.7. The summed E-state index contributed by atoms with van der Waals surface area (Å²) in [6.07, 6.45) is 0.774. The van der Waals surface area contributed by atoms with E-state index in [1.165, 1.54) is 50.1 Å². The van der Waals surface area contributed by atoms with Crippen LogP contribution in [0.25, 0.3) is 22.3 Å². The highest BCUT2D eigenvalue weighted by Gasteiger charge is 2.52. The molecule has 2 aliphatic rings. The van der Waals surface area contributed by atoms with Crippen molar-refractivity contribution in [1.29, 1.82) is 0 Å². The third-order valence-corrected chi connectivity index (χ3v) is 9.40. The molecule has 2 aliphatic carbocycles. The molecule has 0 radical (unpaired) electrons. The molecule has 0 aromatic heterocycles. The maximum Gasteiger partial charge on any atom is 0.0726 e. The first-order valence-electron chi connectivity index (χ1n) is 13.9. The average molecular weight is 567 g/mol. The molecular formula is C38H25Cl2N. The number of halogens is 2. The number of hydrogen-bond donors (Lipinski definition) is 1. The van der Waals surface area contributed by atoms with E-state index in [0.29, 0.717) is 5.02 Å². The van der Waals surface area contributed by atoms with Crippen LogP contribution in [0, 0.1) is 0 Å². The fraction of sp³-hybridized carbons (Fsp3) is 0.0526. The molecule has 3 heteroatoms. The standard InChI is InChI=1S/C38H25Cl2N/c39-32-19-6-1-11-24(32)23-25-12-9-17-30-36(25)26-13-2-4-15-28(26)38(30)29-16-5-3-14-27(29)37-31(38)18-10-22-35(37)41-34-21-8-7-20-33(34)40/h1-22,41H,23H2. The Morgan fingerprint density at radius 2 is 0.951 bits per heavy atom. The van der Waals surface area contributed by atoms with E-state index in [1.54, 1.807) is 0 Å². The van der Waals surface area contributed by atoms with E-state index in [-0.39, 0.29) is 0 Å². The lowest BCUT2D eigenvalue weighted by molar-refractivity contribution is 0.793. The molecule has 1 spiro atoms. The Balaban J connectivity index is 1.42. The number of fused-ring (bicyclic) bond motifs is 10. The molecule has 8 rings (SSSR count). The Kier molecular flexibility index (Phi) is 5.60. The summed E-state index contributed by atoms with van der Waals surface area (Å²) in [6.45, 7) is 0. The first-order chi connectivity index (χ1) is 20.2. The molecule has 0 saturated carbocycles. The minimum atomic E-state index is -0.424. The van der Waals surface area contributed by atoms with Crippen molar-refractivity contribution in [1.82, 2.24) is 0 Å². The molecule has 1 atom stereocenters. The van der Waals surface area contributed by atoms with E-state index in [1.807, 2.05) is 36.4 Å². The Morgan fingerprint density at radius 3 is 1.68 bits per heavy atom. The predicted molar refractivity (Wildman–Crippen MR) is 172 cm³/mol. The van der Waals surface area contributed by atoms with Gasteiger partial charge in [-0.2, -0.15) is 0 Å². The number of benzene rings is 6. The Bertz CT molecular complexity index is 1850. The SMILES string of the molecule is Clc1ccccc1Cc1cccc2c1-c1ccccc1C21c2ccccc2-c2c(Nc3ccccc3Cl)cccc21. The van der Waals surface area contributed by atoms with Crippen molar-refractivity contribution >= 4 is 34.6 Å². The predicted octanol–water partition coefficient (Wildman–Crippen LogP) is 10.7. The lowest BCUT2D eigenvalue weighted by atomic mass is 9.70. The van der Waals surface area contributed by atoms with Gasteiger partial charge in [0.15, 0.2) is 0 Å². The van der Waals surface area contributed by atoms with Gasteiger partial charge in [-0.05, 0) is 80.8 Å². The second-order valence-corrected chi connectivity index (χ2v) is 11.6. The van der Waals surface area contributed by atoms with Crippen LogP contribution in [0.15, 0.2) is 133 Å². The van der Waals surface area contributed by atoms with Crippen molar-refractivity contribution in [2.24, 2.45) is 0 Å². The monoisotopic (exact) mass is 565 g/mol. The van der Waals surface area contributed by atoms with Gasteiger partial charge in [0.2, 0.25) is 0 Å². The molecule has 0 fully saturated rings. The van der Waals surface area contributed by atoms with Crippen LogP contribution >= 0.6 is 23.2 Å². The number of para-hydroxylation sites is 1. The van der Waals surface area contributed by atoms with Crippen molar-refractivity contribution in [2.75, 3.05) is 5.32 Å². The molecule has 0 aliphatic heterocycles. The van der Waals surface area contributed by atoms with E-state index in [0.717, 1.165) is 28.4 Å². The van der Waals surface area contributed by atoms with Gasteiger partial charge in [-0.1, -0.05) is 132 Å². The molecule has 1 N–H and O–H groups in total. The lowest BCUT2D eigenvalue weighted by Gasteiger charge is -2.30. The minimum Gasteiger partial charge on any atom is -0.354 e. The topological polar surface area (TPSA) is 12.0 Å². The summed E-state index contributed by atoms with van der Waals surface area (Å²) in [5.41, 5.74) is 14.3. The second kappa shape index (κ2) is 9.38. The minimum absolute atomic E-state index is 0.424. The summed E-state index contributed by atoms with van der Waals surface area (Å²) in [7, 11) is 0. The number of nitrogens with one attached hydrogen (secondary N) is 1. The van der Waals surface area contributed by atoms with Crippen LogP contribution in [-0.4, -0.2) is 0 Å². The lowest BCUT2D eigenvalue weighted by Crippen LogP contribution is -2.25. The Morgan fingerprint density at radius 1 is 0.439 bits per heavy atom. The van der Waals surface area contributed by atoms with E-state index in [9.17, 15) is 0 Å². The van der Waals surface area contributed by atoms with Gasteiger partial charge in [0.1, 0.15) is 0 Å². The van der Waals surface area contributed by atoms with Crippen LogP contribution in [0.1, 0.15) is 33.4 Å². The maximum atomic E-state index is 6.66. The molecule has 6 aromatic carbocycles. The van der Waals surface area contributed by atoms with Crippen LogP contribution < -0.4 is 5.32 Å². The summed E-state index contributed by atoms with van der Waals surface area (Å²) in [4.78, 5) is 0. The van der Waals surface area contributed by atoms with Crippen molar-refractivity contribution in [3.63, 3.8) is 0 Å². The first kappa shape index (κ1) is 24.5. The molecule has 0 saturated heterocycles. The molecule has 0 bridgehead atoms. The van der Waals surface area contributed by atoms with Gasteiger partial charge in [-0.3, -0.25) is 0 Å². The molecule has 41 heavy (non-hydrogen) atoms. The molecule has 0 heterocycles. The fourth-order valence-electron chi connectivity index (χ4n) is 7.12. The Labute approximate surface area is 250 Å². The molecular weight excluding hydrogens is 541 g/mol. The van der Waals surface area contributed by atoms with Crippen molar-refractivity contribution < 1.29 is 0 Å². The third kappa shape index (κ3) is 3.50. The Hall–Kier alpha value is -4.30. The molecule has 6 aromatic rings. The maximum absolute atomic E-state index is 6.66. The normalized spacial score (nSPS) is 15.8. The van der Waals surface area contributed by atoms with E-state index in [4.69, 9.17) is 23.2 Å². The number of hydrogen-bond acceptors (Lipinski definition) is 1. The zero-order chi connectivity index (χ0) is 27.6. The third-order valence-electron chi connectivity index (χ3n) is 8.71. The molecule has 1 nitrogen and oxygen atoms in total. The van der Waals surface area contributed by atoms with Crippen molar-refractivity contribution in [3.8, 4) is 22.3 Å². The summed E-state index contributed by atoms with van der Waals surface area (Å²) >= 11 is 13.3. The summed E-state index contributed by atoms with van der Waals surface area (Å²) in [6, 6.07) is 47.3. The largest absolute Gasteiger partial charge is 0.354 e. The number of rotatable bonds is 4. The molecule has 196 valence electrons. The summed E-state index contributed by atoms with van der Waals surface area (Å²) in [5.74, 6) is 0. The zero-order valence-electron chi connectivity index (χ0n) is 22.2.